The van der Waals surface area contributed by atoms with Crippen molar-refractivity contribution in [3.63, 3.8) is 0 Å². The van der Waals surface area contributed by atoms with Crippen LogP contribution >= 0.6 is 0 Å². The quantitative estimate of drug-likeness (QED) is 0.786. The van der Waals surface area contributed by atoms with E-state index in [0.29, 0.717) is 12.0 Å². The predicted molar refractivity (Wildman–Crippen MR) is 80.9 cm³/mol. The van der Waals surface area contributed by atoms with Crippen molar-refractivity contribution in [3.8, 4) is 0 Å². The first kappa shape index (κ1) is 14.1. The molecule has 0 bridgehead atoms. The van der Waals surface area contributed by atoms with Gasteiger partial charge in [0.2, 0.25) is 0 Å². The van der Waals surface area contributed by atoms with E-state index in [2.05, 4.69) is 36.4 Å². The largest absolute Gasteiger partial charge is 0.373 e. The minimum Gasteiger partial charge on any atom is -0.373 e. The second-order valence-corrected chi connectivity index (χ2v) is 5.47. The first-order valence-corrected chi connectivity index (χ1v) is 7.52. The van der Waals surface area contributed by atoms with Gasteiger partial charge >= 0.3 is 0 Å². The summed E-state index contributed by atoms with van der Waals surface area (Å²) < 4.78 is 0. The molecule has 1 fully saturated rings. The number of anilines is 2. The molecular weight excluding hydrogens is 236 g/mol. The number of hydrogen-bond donors (Lipinski definition) is 2. The molecule has 1 aromatic heterocycles. The molecule has 0 aromatic carbocycles. The van der Waals surface area contributed by atoms with Crippen LogP contribution in [0.25, 0.3) is 0 Å². The lowest BCUT2D eigenvalue weighted by Gasteiger charge is -2.20. The number of aromatic nitrogens is 2. The van der Waals surface area contributed by atoms with Gasteiger partial charge in [-0.05, 0) is 32.6 Å². The molecule has 1 aliphatic rings. The second kappa shape index (κ2) is 6.22. The average molecular weight is 262 g/mol. The molecule has 0 amide bonds. The number of nitrogens with one attached hydrogen (secondary N) is 2. The third-order valence-electron chi connectivity index (χ3n) is 3.81. The molecule has 1 atom stereocenters. The van der Waals surface area contributed by atoms with Gasteiger partial charge < -0.3 is 10.6 Å². The van der Waals surface area contributed by atoms with E-state index in [1.807, 2.05) is 7.05 Å². The molecule has 19 heavy (non-hydrogen) atoms. The molecule has 1 saturated carbocycles. The van der Waals surface area contributed by atoms with Gasteiger partial charge in [0.15, 0.2) is 0 Å². The Bertz CT molecular complexity index is 426. The maximum Gasteiger partial charge on any atom is 0.136 e. The zero-order chi connectivity index (χ0) is 13.8. The molecule has 1 heterocycles. The predicted octanol–water partition coefficient (Wildman–Crippen LogP) is 3.69. The van der Waals surface area contributed by atoms with Crippen LogP contribution in [0.5, 0.6) is 0 Å². The molecule has 4 heteroatoms. The fraction of sp³-hybridized carbons (Fsp3) is 0.733. The zero-order valence-corrected chi connectivity index (χ0v) is 12.6. The summed E-state index contributed by atoms with van der Waals surface area (Å²) in [5, 5.41) is 6.80. The van der Waals surface area contributed by atoms with Gasteiger partial charge in [0, 0.05) is 24.6 Å². The highest BCUT2D eigenvalue weighted by Gasteiger charge is 2.28. The van der Waals surface area contributed by atoms with Gasteiger partial charge in [-0.15, -0.1) is 0 Å². The zero-order valence-electron chi connectivity index (χ0n) is 12.6. The fourth-order valence-corrected chi connectivity index (χ4v) is 2.36. The molecular formula is C15H26N4. The average Bonchev–Trinajstić information content (AvgIpc) is 3.24. The van der Waals surface area contributed by atoms with Crippen LogP contribution in [0.4, 0.5) is 11.6 Å². The van der Waals surface area contributed by atoms with Crippen LogP contribution in [-0.2, 0) is 0 Å². The summed E-state index contributed by atoms with van der Waals surface area (Å²) in [6.07, 6.45) is 5.98. The van der Waals surface area contributed by atoms with Gasteiger partial charge in [-0.3, -0.25) is 0 Å². The second-order valence-electron chi connectivity index (χ2n) is 5.47. The number of rotatable bonds is 7. The van der Waals surface area contributed by atoms with Crippen molar-refractivity contribution in [3.05, 3.63) is 11.4 Å². The molecule has 0 radical (unpaired) electrons. The lowest BCUT2D eigenvalue weighted by Crippen LogP contribution is -2.20. The monoisotopic (exact) mass is 262 g/mol. The standard InChI is InChI=1S/C15H26N4/c1-5-7-12(6-2)17-14-10(3)13(16-4)18-15(19-14)11-8-9-11/h11-12H,5-9H2,1-4H3,(H2,16,17,18,19). The van der Waals surface area contributed by atoms with E-state index in [4.69, 9.17) is 4.98 Å². The van der Waals surface area contributed by atoms with Crippen LogP contribution in [-0.4, -0.2) is 23.1 Å². The Balaban J connectivity index is 2.24. The van der Waals surface area contributed by atoms with Crippen molar-refractivity contribution < 1.29 is 0 Å². The molecule has 4 nitrogen and oxygen atoms in total. The van der Waals surface area contributed by atoms with Crippen LogP contribution in [0, 0.1) is 6.92 Å². The topological polar surface area (TPSA) is 49.8 Å². The molecule has 1 unspecified atom stereocenters. The van der Waals surface area contributed by atoms with Crippen molar-refractivity contribution in [1.29, 1.82) is 0 Å². The third kappa shape index (κ3) is 3.37. The van der Waals surface area contributed by atoms with Gasteiger partial charge in [0.1, 0.15) is 17.5 Å². The molecule has 2 N–H and O–H groups in total. The minimum absolute atomic E-state index is 0.510. The first-order chi connectivity index (χ1) is 9.19. The van der Waals surface area contributed by atoms with Crippen LogP contribution in [0.3, 0.4) is 0 Å². The Morgan fingerprint density at radius 2 is 1.89 bits per heavy atom. The van der Waals surface area contributed by atoms with Gasteiger partial charge in [-0.1, -0.05) is 20.3 Å². The van der Waals surface area contributed by atoms with E-state index in [1.54, 1.807) is 0 Å². The van der Waals surface area contributed by atoms with Crippen LogP contribution < -0.4 is 10.6 Å². The number of nitrogens with zero attached hydrogens (tertiary/aromatic N) is 2. The van der Waals surface area contributed by atoms with Crippen molar-refractivity contribution in [2.24, 2.45) is 0 Å². The molecule has 1 aliphatic carbocycles. The molecule has 106 valence electrons. The Hall–Kier alpha value is -1.32. The first-order valence-electron chi connectivity index (χ1n) is 7.52. The van der Waals surface area contributed by atoms with Crippen molar-refractivity contribution in [1.82, 2.24) is 9.97 Å². The Labute approximate surface area is 116 Å². The lowest BCUT2D eigenvalue weighted by atomic mass is 10.1. The highest BCUT2D eigenvalue weighted by molar-refractivity contribution is 5.57. The van der Waals surface area contributed by atoms with Crippen molar-refractivity contribution in [2.45, 2.75) is 64.8 Å². The highest BCUT2D eigenvalue weighted by Crippen LogP contribution is 2.39. The smallest absolute Gasteiger partial charge is 0.136 e. The Morgan fingerprint density at radius 1 is 1.21 bits per heavy atom. The molecule has 0 saturated heterocycles. The van der Waals surface area contributed by atoms with E-state index < -0.39 is 0 Å². The van der Waals surface area contributed by atoms with Gasteiger partial charge in [-0.25, -0.2) is 9.97 Å². The number of hydrogen-bond acceptors (Lipinski definition) is 4. The minimum atomic E-state index is 0.510. The van der Waals surface area contributed by atoms with Gasteiger partial charge in [0.25, 0.3) is 0 Å². The van der Waals surface area contributed by atoms with Crippen LogP contribution in [0.1, 0.15) is 63.3 Å². The summed E-state index contributed by atoms with van der Waals surface area (Å²) in [5.74, 6) is 3.57. The summed E-state index contributed by atoms with van der Waals surface area (Å²) in [5.41, 5.74) is 1.13. The van der Waals surface area contributed by atoms with Crippen LogP contribution in [0.15, 0.2) is 0 Å². The van der Waals surface area contributed by atoms with Gasteiger partial charge in [0.05, 0.1) is 0 Å². The lowest BCUT2D eigenvalue weighted by molar-refractivity contribution is 0.619. The van der Waals surface area contributed by atoms with E-state index in [0.717, 1.165) is 29.4 Å². The highest BCUT2D eigenvalue weighted by atomic mass is 15.1. The van der Waals surface area contributed by atoms with Crippen molar-refractivity contribution in [2.75, 3.05) is 17.7 Å². The van der Waals surface area contributed by atoms with Crippen molar-refractivity contribution >= 4 is 11.6 Å². The third-order valence-corrected chi connectivity index (χ3v) is 3.81. The molecule has 1 aromatic rings. The van der Waals surface area contributed by atoms with E-state index in [-0.39, 0.29) is 0 Å². The molecule has 0 aliphatic heterocycles. The van der Waals surface area contributed by atoms with Crippen LogP contribution in [0.2, 0.25) is 0 Å². The van der Waals surface area contributed by atoms with E-state index >= 15 is 0 Å². The SMILES string of the molecule is CCCC(CC)Nc1nc(C2CC2)nc(NC)c1C. The Morgan fingerprint density at radius 3 is 2.42 bits per heavy atom. The van der Waals surface area contributed by atoms with E-state index in [9.17, 15) is 0 Å². The summed E-state index contributed by atoms with van der Waals surface area (Å²) in [4.78, 5) is 9.38. The summed E-state index contributed by atoms with van der Waals surface area (Å²) in [6, 6.07) is 0.510. The van der Waals surface area contributed by atoms with E-state index in [1.165, 1.54) is 25.7 Å². The summed E-state index contributed by atoms with van der Waals surface area (Å²) in [6.45, 7) is 6.54. The summed E-state index contributed by atoms with van der Waals surface area (Å²) >= 11 is 0. The normalized spacial score (nSPS) is 16.2. The fourth-order valence-electron chi connectivity index (χ4n) is 2.36. The molecule has 2 rings (SSSR count). The maximum atomic E-state index is 4.75. The Kier molecular flexibility index (Phi) is 4.61. The molecule has 0 spiro atoms. The maximum absolute atomic E-state index is 4.75. The van der Waals surface area contributed by atoms with Gasteiger partial charge in [-0.2, -0.15) is 0 Å². The summed E-state index contributed by atoms with van der Waals surface area (Å²) in [7, 11) is 1.93.